The maximum atomic E-state index is 13.9. The molecule has 4 heteroatoms. The number of halogens is 1. The fourth-order valence-electron chi connectivity index (χ4n) is 2.29. The lowest BCUT2D eigenvalue weighted by molar-refractivity contribution is 0.0994. The molecule has 0 saturated carbocycles. The summed E-state index contributed by atoms with van der Waals surface area (Å²) in [6.45, 7) is 0. The van der Waals surface area contributed by atoms with Gasteiger partial charge in [-0.15, -0.1) is 0 Å². The summed E-state index contributed by atoms with van der Waals surface area (Å²) in [5.74, 6) is 0.340. The third-order valence-electron chi connectivity index (χ3n) is 3.31. The van der Waals surface area contributed by atoms with Gasteiger partial charge in [-0.2, -0.15) is 0 Å². The first kappa shape index (κ1) is 11.8. The molecule has 3 nitrogen and oxygen atoms in total. The molecule has 1 aliphatic rings. The van der Waals surface area contributed by atoms with E-state index in [0.29, 0.717) is 35.4 Å². The van der Waals surface area contributed by atoms with Crippen LogP contribution in [0, 0.1) is 5.82 Å². The van der Waals surface area contributed by atoms with Gasteiger partial charge in [0.15, 0.2) is 5.78 Å². The van der Waals surface area contributed by atoms with Gasteiger partial charge in [0.25, 0.3) is 0 Å². The summed E-state index contributed by atoms with van der Waals surface area (Å²) < 4.78 is 19.0. The van der Waals surface area contributed by atoms with Gasteiger partial charge >= 0.3 is 0 Å². The lowest BCUT2D eigenvalue weighted by atomic mass is 10.1. The second kappa shape index (κ2) is 4.46. The highest BCUT2D eigenvalue weighted by atomic mass is 19.1. The minimum absolute atomic E-state index is 0.111. The lowest BCUT2D eigenvalue weighted by Crippen LogP contribution is -1.96. The van der Waals surface area contributed by atoms with Gasteiger partial charge < -0.3 is 4.74 Å². The van der Waals surface area contributed by atoms with E-state index in [1.54, 1.807) is 24.3 Å². The molecule has 0 N–H and O–H groups in total. The molecule has 0 fully saturated rings. The smallest absolute Gasteiger partial charge is 0.165 e. The van der Waals surface area contributed by atoms with Gasteiger partial charge in [-0.25, -0.2) is 4.39 Å². The zero-order chi connectivity index (χ0) is 13.4. The Morgan fingerprint density at radius 2 is 2.00 bits per heavy atom. The minimum Gasteiger partial charge on any atom is -0.497 e. The van der Waals surface area contributed by atoms with E-state index in [9.17, 15) is 9.18 Å². The predicted octanol–water partition coefficient (Wildman–Crippen LogP) is 3.03. The van der Waals surface area contributed by atoms with Crippen molar-refractivity contribution in [2.45, 2.75) is 12.8 Å². The molecule has 0 bridgehead atoms. The van der Waals surface area contributed by atoms with Crippen LogP contribution in [0.5, 0.6) is 5.75 Å². The molecule has 0 saturated heterocycles. The average molecular weight is 257 g/mol. The quantitative estimate of drug-likeness (QED) is 0.830. The number of aryl methyl sites for hydroxylation is 1. The highest BCUT2D eigenvalue weighted by molar-refractivity contribution is 6.00. The Kier molecular flexibility index (Phi) is 2.78. The molecule has 0 unspecified atom stereocenters. The van der Waals surface area contributed by atoms with Crippen molar-refractivity contribution in [1.82, 2.24) is 4.98 Å². The number of ether oxygens (including phenoxy) is 1. The first-order valence-electron chi connectivity index (χ1n) is 6.06. The van der Waals surface area contributed by atoms with E-state index < -0.39 is 0 Å². The van der Waals surface area contributed by atoms with Crippen molar-refractivity contribution in [2.24, 2.45) is 0 Å². The van der Waals surface area contributed by atoms with E-state index in [4.69, 9.17) is 4.74 Å². The summed E-state index contributed by atoms with van der Waals surface area (Å²) in [6.07, 6.45) is 1.12. The standard InChI is InChI=1S/C15H12FNO2/c1-19-9-2-4-12(16)11(8-9)14-5-3-10-13(17-14)6-7-15(10)18/h2-5,8H,6-7H2,1H3. The van der Waals surface area contributed by atoms with E-state index >= 15 is 0 Å². The summed E-state index contributed by atoms with van der Waals surface area (Å²) in [7, 11) is 1.53. The van der Waals surface area contributed by atoms with Crippen molar-refractivity contribution in [1.29, 1.82) is 0 Å². The van der Waals surface area contributed by atoms with Crippen LogP contribution in [0.2, 0.25) is 0 Å². The fourth-order valence-corrected chi connectivity index (χ4v) is 2.29. The molecule has 0 atom stereocenters. The Labute approximate surface area is 110 Å². The van der Waals surface area contributed by atoms with E-state index in [1.807, 2.05) is 0 Å². The maximum Gasteiger partial charge on any atom is 0.165 e. The van der Waals surface area contributed by atoms with Crippen LogP contribution in [0.15, 0.2) is 30.3 Å². The van der Waals surface area contributed by atoms with Gasteiger partial charge in [-0.1, -0.05) is 0 Å². The van der Waals surface area contributed by atoms with Crippen molar-refractivity contribution >= 4 is 5.78 Å². The molecule has 0 aliphatic heterocycles. The van der Waals surface area contributed by atoms with Crippen LogP contribution in [-0.2, 0) is 6.42 Å². The number of methoxy groups -OCH3 is 1. The largest absolute Gasteiger partial charge is 0.497 e. The van der Waals surface area contributed by atoms with Crippen LogP contribution in [0.4, 0.5) is 4.39 Å². The zero-order valence-electron chi connectivity index (χ0n) is 10.4. The first-order chi connectivity index (χ1) is 9.19. The number of Topliss-reactive ketones (excluding diaryl/α,β-unsaturated/α-hetero) is 1. The van der Waals surface area contributed by atoms with Crippen LogP contribution in [0.3, 0.4) is 0 Å². The number of hydrogen-bond donors (Lipinski definition) is 0. The van der Waals surface area contributed by atoms with E-state index in [1.165, 1.54) is 13.2 Å². The Balaban J connectivity index is 2.10. The Morgan fingerprint density at radius 3 is 2.79 bits per heavy atom. The number of ketones is 1. The number of nitrogens with zero attached hydrogens (tertiary/aromatic N) is 1. The first-order valence-corrected chi connectivity index (χ1v) is 6.06. The molecule has 1 aliphatic carbocycles. The van der Waals surface area contributed by atoms with Gasteiger partial charge in [-0.05, 0) is 36.8 Å². The average Bonchev–Trinajstić information content (AvgIpc) is 2.80. The number of aromatic nitrogens is 1. The maximum absolute atomic E-state index is 13.9. The second-order valence-electron chi connectivity index (χ2n) is 4.46. The molecule has 1 aromatic carbocycles. The van der Waals surface area contributed by atoms with Gasteiger partial charge in [-0.3, -0.25) is 9.78 Å². The number of rotatable bonds is 2. The highest BCUT2D eigenvalue weighted by Crippen LogP contribution is 2.28. The van der Waals surface area contributed by atoms with Gasteiger partial charge in [0.05, 0.1) is 18.5 Å². The normalized spacial score (nSPS) is 13.5. The molecule has 96 valence electrons. The van der Waals surface area contributed by atoms with E-state index in [2.05, 4.69) is 4.98 Å². The Hall–Kier alpha value is -2.23. The third-order valence-corrected chi connectivity index (χ3v) is 3.31. The highest BCUT2D eigenvalue weighted by Gasteiger charge is 2.21. The van der Waals surface area contributed by atoms with Crippen molar-refractivity contribution in [2.75, 3.05) is 7.11 Å². The molecular weight excluding hydrogens is 245 g/mol. The summed E-state index contributed by atoms with van der Waals surface area (Å²) >= 11 is 0. The molecular formula is C15H12FNO2. The number of hydrogen-bond acceptors (Lipinski definition) is 3. The number of benzene rings is 1. The van der Waals surface area contributed by atoms with E-state index in [0.717, 1.165) is 5.69 Å². The number of carbonyl (C=O) groups is 1. The fraction of sp³-hybridized carbons (Fsp3) is 0.200. The SMILES string of the molecule is COc1ccc(F)c(-c2ccc3c(n2)CCC3=O)c1. The lowest BCUT2D eigenvalue weighted by Gasteiger charge is -2.07. The van der Waals surface area contributed by atoms with Crippen molar-refractivity contribution in [3.63, 3.8) is 0 Å². The Bertz CT molecular complexity index is 667. The van der Waals surface area contributed by atoms with E-state index in [-0.39, 0.29) is 11.6 Å². The molecule has 0 amide bonds. The monoisotopic (exact) mass is 257 g/mol. The molecule has 2 aromatic rings. The van der Waals surface area contributed by atoms with Crippen molar-refractivity contribution in [3.8, 4) is 17.0 Å². The van der Waals surface area contributed by atoms with Crippen LogP contribution in [-0.4, -0.2) is 17.9 Å². The number of pyridine rings is 1. The molecule has 19 heavy (non-hydrogen) atoms. The molecule has 0 spiro atoms. The molecule has 3 rings (SSSR count). The van der Waals surface area contributed by atoms with Crippen LogP contribution < -0.4 is 4.74 Å². The summed E-state index contributed by atoms with van der Waals surface area (Å²) in [4.78, 5) is 15.9. The van der Waals surface area contributed by atoms with Gasteiger partial charge in [0.1, 0.15) is 11.6 Å². The van der Waals surface area contributed by atoms with Crippen LogP contribution in [0.1, 0.15) is 22.5 Å². The minimum atomic E-state index is -0.349. The predicted molar refractivity (Wildman–Crippen MR) is 68.8 cm³/mol. The van der Waals surface area contributed by atoms with Gasteiger partial charge in [0, 0.05) is 17.5 Å². The molecule has 1 aromatic heterocycles. The Morgan fingerprint density at radius 1 is 1.16 bits per heavy atom. The molecule has 1 heterocycles. The van der Waals surface area contributed by atoms with Crippen molar-refractivity contribution < 1.29 is 13.9 Å². The van der Waals surface area contributed by atoms with Crippen LogP contribution in [0.25, 0.3) is 11.3 Å². The van der Waals surface area contributed by atoms with Gasteiger partial charge in [0.2, 0.25) is 0 Å². The summed E-state index contributed by atoms with van der Waals surface area (Å²) in [5.41, 5.74) is 2.34. The zero-order valence-corrected chi connectivity index (χ0v) is 10.4. The second-order valence-corrected chi connectivity index (χ2v) is 4.46. The number of carbonyl (C=O) groups excluding carboxylic acids is 1. The topological polar surface area (TPSA) is 39.2 Å². The van der Waals surface area contributed by atoms with Crippen LogP contribution >= 0.6 is 0 Å². The third kappa shape index (κ3) is 1.99. The summed E-state index contributed by atoms with van der Waals surface area (Å²) in [6, 6.07) is 7.94. The molecule has 0 radical (unpaired) electrons. The van der Waals surface area contributed by atoms with Crippen molar-refractivity contribution in [3.05, 3.63) is 47.4 Å². The number of fused-ring (bicyclic) bond motifs is 1. The summed E-state index contributed by atoms with van der Waals surface area (Å²) in [5, 5.41) is 0.